The first-order valence-electron chi connectivity index (χ1n) is 8.34. The Labute approximate surface area is 136 Å². The Morgan fingerprint density at radius 2 is 2.13 bits per heavy atom. The van der Waals surface area contributed by atoms with E-state index in [4.69, 9.17) is 9.63 Å². The zero-order chi connectivity index (χ0) is 17.0. The van der Waals surface area contributed by atoms with E-state index in [9.17, 15) is 9.59 Å². The van der Waals surface area contributed by atoms with Crippen LogP contribution in [0.5, 0.6) is 0 Å². The van der Waals surface area contributed by atoms with Crippen LogP contribution in [-0.2, 0) is 16.0 Å². The van der Waals surface area contributed by atoms with Gasteiger partial charge >= 0.3 is 5.97 Å². The molecule has 0 spiro atoms. The van der Waals surface area contributed by atoms with Gasteiger partial charge in [-0.25, -0.2) is 0 Å². The van der Waals surface area contributed by atoms with Crippen molar-refractivity contribution in [2.45, 2.75) is 65.3 Å². The van der Waals surface area contributed by atoms with E-state index in [1.54, 1.807) is 0 Å². The van der Waals surface area contributed by atoms with Crippen LogP contribution >= 0.6 is 0 Å². The van der Waals surface area contributed by atoms with Gasteiger partial charge in [-0.15, -0.1) is 0 Å². The molecule has 0 unspecified atom stereocenters. The summed E-state index contributed by atoms with van der Waals surface area (Å²) >= 11 is 0. The minimum atomic E-state index is -0.799. The summed E-state index contributed by atoms with van der Waals surface area (Å²) in [4.78, 5) is 25.5. The predicted octanol–water partition coefficient (Wildman–Crippen LogP) is 2.72. The quantitative estimate of drug-likeness (QED) is 0.870. The second-order valence-corrected chi connectivity index (χ2v) is 6.52. The molecule has 0 aromatic carbocycles. The van der Waals surface area contributed by atoms with Crippen molar-refractivity contribution in [2.75, 3.05) is 6.54 Å². The van der Waals surface area contributed by atoms with Gasteiger partial charge in [0.05, 0.1) is 5.69 Å². The number of aliphatic carboxylic acids is 1. The predicted molar refractivity (Wildman–Crippen MR) is 85.1 cm³/mol. The molecule has 6 nitrogen and oxygen atoms in total. The fourth-order valence-corrected chi connectivity index (χ4v) is 3.35. The highest BCUT2D eigenvalue weighted by Gasteiger charge is 2.30. The molecular formula is C17H26N2O4. The Morgan fingerprint density at radius 1 is 1.39 bits per heavy atom. The van der Waals surface area contributed by atoms with Gasteiger partial charge < -0.3 is 14.5 Å². The number of nitrogens with zero attached hydrogens (tertiary/aromatic N) is 2. The van der Waals surface area contributed by atoms with Crippen LogP contribution in [0.1, 0.15) is 56.0 Å². The summed E-state index contributed by atoms with van der Waals surface area (Å²) in [6.07, 6.45) is 4.23. The fourth-order valence-electron chi connectivity index (χ4n) is 3.35. The number of rotatable bonds is 6. The summed E-state index contributed by atoms with van der Waals surface area (Å²) in [5, 5.41) is 12.8. The molecule has 1 saturated heterocycles. The van der Waals surface area contributed by atoms with Crippen molar-refractivity contribution in [3.05, 3.63) is 17.0 Å². The number of carboxylic acid groups (broad SMARTS) is 1. The topological polar surface area (TPSA) is 83.6 Å². The largest absolute Gasteiger partial charge is 0.481 e. The van der Waals surface area contributed by atoms with Crippen molar-refractivity contribution in [1.29, 1.82) is 0 Å². The zero-order valence-electron chi connectivity index (χ0n) is 14.2. The molecule has 1 fully saturated rings. The van der Waals surface area contributed by atoms with E-state index in [1.165, 1.54) is 0 Å². The first-order chi connectivity index (χ1) is 10.9. The van der Waals surface area contributed by atoms with E-state index < -0.39 is 5.97 Å². The molecule has 0 saturated carbocycles. The van der Waals surface area contributed by atoms with Crippen molar-refractivity contribution in [3.63, 3.8) is 0 Å². The van der Waals surface area contributed by atoms with Crippen molar-refractivity contribution >= 4 is 11.9 Å². The summed E-state index contributed by atoms with van der Waals surface area (Å²) < 4.78 is 5.17. The summed E-state index contributed by atoms with van der Waals surface area (Å²) in [5.41, 5.74) is 1.84. The van der Waals surface area contributed by atoms with E-state index >= 15 is 0 Å². The van der Waals surface area contributed by atoms with Gasteiger partial charge in [0.1, 0.15) is 5.76 Å². The highest BCUT2D eigenvalue weighted by molar-refractivity contribution is 5.79. The molecule has 1 aliphatic heterocycles. The molecule has 1 aromatic heterocycles. The minimum Gasteiger partial charge on any atom is -0.481 e. The van der Waals surface area contributed by atoms with Gasteiger partial charge in [0, 0.05) is 30.5 Å². The van der Waals surface area contributed by atoms with E-state index in [0.717, 1.165) is 42.8 Å². The maximum absolute atomic E-state index is 12.8. The molecule has 128 valence electrons. The molecule has 1 aromatic rings. The maximum atomic E-state index is 12.8. The monoisotopic (exact) mass is 322 g/mol. The van der Waals surface area contributed by atoms with Crippen molar-refractivity contribution in [2.24, 2.45) is 5.92 Å². The van der Waals surface area contributed by atoms with Gasteiger partial charge in [0.25, 0.3) is 0 Å². The number of piperidine rings is 1. The smallest absolute Gasteiger partial charge is 0.303 e. The minimum absolute atomic E-state index is 0.0551. The normalized spacial score (nSPS) is 19.6. The molecule has 2 atom stereocenters. The maximum Gasteiger partial charge on any atom is 0.303 e. The molecule has 1 aliphatic rings. The van der Waals surface area contributed by atoms with E-state index in [2.05, 4.69) is 5.16 Å². The van der Waals surface area contributed by atoms with Gasteiger partial charge in [0.15, 0.2) is 0 Å². The molecule has 6 heteroatoms. The lowest BCUT2D eigenvalue weighted by Gasteiger charge is -2.37. The standard InChI is InChI=1S/C17H26N2O4/c1-11(10-15-12(2)18-23-13(15)3)17(22)19-9-5-4-6-14(19)7-8-16(20)21/h11,14H,4-10H2,1-3H3,(H,20,21)/t11-,14-/m0/s1. The Bertz CT molecular complexity index is 547. The van der Waals surface area contributed by atoms with Crippen molar-refractivity contribution in [3.8, 4) is 0 Å². The second-order valence-electron chi connectivity index (χ2n) is 6.52. The fraction of sp³-hybridized carbons (Fsp3) is 0.706. The Kier molecular flexibility index (Phi) is 5.80. The van der Waals surface area contributed by atoms with Crippen LogP contribution in [0.3, 0.4) is 0 Å². The SMILES string of the molecule is Cc1noc(C)c1C[C@H](C)C(=O)N1CCCC[C@H]1CCC(=O)O. The Balaban J connectivity index is 2.02. The molecule has 1 amide bonds. The highest BCUT2D eigenvalue weighted by Crippen LogP contribution is 2.25. The summed E-state index contributed by atoms with van der Waals surface area (Å²) in [6, 6.07) is 0.0551. The third-order valence-corrected chi connectivity index (χ3v) is 4.71. The molecular weight excluding hydrogens is 296 g/mol. The van der Waals surface area contributed by atoms with E-state index in [1.807, 2.05) is 25.7 Å². The lowest BCUT2D eigenvalue weighted by molar-refractivity contribution is -0.142. The summed E-state index contributed by atoms with van der Waals surface area (Å²) in [6.45, 7) is 6.41. The van der Waals surface area contributed by atoms with Crippen LogP contribution in [0.4, 0.5) is 0 Å². The average molecular weight is 322 g/mol. The number of likely N-dealkylation sites (tertiary alicyclic amines) is 1. The van der Waals surface area contributed by atoms with E-state index in [0.29, 0.717) is 12.8 Å². The second kappa shape index (κ2) is 7.62. The zero-order valence-corrected chi connectivity index (χ0v) is 14.2. The van der Waals surface area contributed by atoms with Crippen LogP contribution in [-0.4, -0.2) is 39.6 Å². The third-order valence-electron chi connectivity index (χ3n) is 4.71. The molecule has 1 N–H and O–H groups in total. The highest BCUT2D eigenvalue weighted by atomic mass is 16.5. The van der Waals surface area contributed by atoms with Crippen LogP contribution < -0.4 is 0 Å². The first-order valence-corrected chi connectivity index (χ1v) is 8.34. The van der Waals surface area contributed by atoms with Gasteiger partial charge in [-0.1, -0.05) is 12.1 Å². The molecule has 0 aliphatic carbocycles. The Hall–Kier alpha value is -1.85. The molecule has 0 radical (unpaired) electrons. The van der Waals surface area contributed by atoms with Gasteiger partial charge in [-0.3, -0.25) is 9.59 Å². The number of hydrogen-bond donors (Lipinski definition) is 1. The number of aryl methyl sites for hydroxylation is 2. The number of carbonyl (C=O) groups excluding carboxylic acids is 1. The molecule has 2 heterocycles. The van der Waals surface area contributed by atoms with E-state index in [-0.39, 0.29) is 24.3 Å². The lowest BCUT2D eigenvalue weighted by atomic mass is 9.93. The van der Waals surface area contributed by atoms with Crippen LogP contribution in [0.2, 0.25) is 0 Å². The Morgan fingerprint density at radius 3 is 2.74 bits per heavy atom. The number of hydrogen-bond acceptors (Lipinski definition) is 4. The summed E-state index contributed by atoms with van der Waals surface area (Å²) in [5.74, 6) is -0.0766. The molecule has 0 bridgehead atoms. The molecule has 2 rings (SSSR count). The van der Waals surface area contributed by atoms with Crippen LogP contribution in [0, 0.1) is 19.8 Å². The van der Waals surface area contributed by atoms with Crippen molar-refractivity contribution in [1.82, 2.24) is 10.1 Å². The first kappa shape index (κ1) is 17.5. The van der Waals surface area contributed by atoms with Crippen LogP contribution in [0.25, 0.3) is 0 Å². The van der Waals surface area contributed by atoms with Crippen molar-refractivity contribution < 1.29 is 19.2 Å². The summed E-state index contributed by atoms with van der Waals surface area (Å²) in [7, 11) is 0. The third kappa shape index (κ3) is 4.33. The number of carboxylic acids is 1. The number of amides is 1. The average Bonchev–Trinajstić information content (AvgIpc) is 2.84. The lowest BCUT2D eigenvalue weighted by Crippen LogP contribution is -2.46. The van der Waals surface area contributed by atoms with Crippen LogP contribution in [0.15, 0.2) is 4.52 Å². The van der Waals surface area contributed by atoms with Gasteiger partial charge in [-0.05, 0) is 46.0 Å². The van der Waals surface area contributed by atoms with Gasteiger partial charge in [0.2, 0.25) is 5.91 Å². The number of aromatic nitrogens is 1. The van der Waals surface area contributed by atoms with Gasteiger partial charge in [-0.2, -0.15) is 0 Å². The molecule has 23 heavy (non-hydrogen) atoms. The number of carbonyl (C=O) groups is 2.